The molecule has 1 saturated carbocycles. The number of H-pyrrole nitrogens is 1. The minimum Gasteiger partial charge on any atom is -0.316 e. The molecule has 0 spiro atoms. The molecule has 0 radical (unpaired) electrons. The van der Waals surface area contributed by atoms with E-state index in [2.05, 4.69) is 9.97 Å². The molecule has 0 amide bonds. The van der Waals surface area contributed by atoms with E-state index in [1.54, 1.807) is 30.6 Å². The fraction of sp³-hybridized carbons (Fsp3) is 0.214. The van der Waals surface area contributed by atoms with Gasteiger partial charge in [-0.3, -0.25) is 9.36 Å². The first-order chi connectivity index (χ1) is 10.1. The zero-order chi connectivity index (χ0) is 14.6. The number of aromatic amines is 1. The molecule has 0 unspecified atom stereocenters. The lowest BCUT2D eigenvalue weighted by molar-refractivity contribution is 0.753. The maximum absolute atomic E-state index is 12.7. The molecule has 8 heteroatoms. The van der Waals surface area contributed by atoms with Crippen LogP contribution in [-0.2, 0) is 0 Å². The Bertz CT molecular complexity index is 954. The number of nitrogens with zero attached hydrogens (tertiary/aromatic N) is 3. The lowest BCUT2D eigenvalue weighted by Crippen LogP contribution is -2.21. The van der Waals surface area contributed by atoms with E-state index in [0.29, 0.717) is 32.7 Å². The normalized spacial score (nSPS) is 14.0. The van der Waals surface area contributed by atoms with E-state index in [1.807, 2.05) is 4.57 Å². The van der Waals surface area contributed by atoms with Crippen molar-refractivity contribution >= 4 is 47.4 Å². The van der Waals surface area contributed by atoms with E-state index in [4.69, 9.17) is 23.8 Å². The van der Waals surface area contributed by atoms with Gasteiger partial charge in [-0.15, -0.1) is 12.4 Å². The Labute approximate surface area is 142 Å². The number of aromatic nitrogens is 4. The number of benzene rings is 1. The van der Waals surface area contributed by atoms with E-state index in [1.165, 1.54) is 4.57 Å². The predicted molar refractivity (Wildman–Crippen MR) is 91.0 cm³/mol. The summed E-state index contributed by atoms with van der Waals surface area (Å²) in [4.78, 5) is 20.0. The first kappa shape index (κ1) is 15.3. The summed E-state index contributed by atoms with van der Waals surface area (Å²) >= 11 is 11.2. The smallest absolute Gasteiger partial charge is 0.287 e. The van der Waals surface area contributed by atoms with Crippen LogP contribution in [0.25, 0.3) is 16.9 Å². The van der Waals surface area contributed by atoms with Crippen LogP contribution >= 0.6 is 36.2 Å². The molecule has 0 aliphatic heterocycles. The van der Waals surface area contributed by atoms with Crippen LogP contribution in [0.3, 0.4) is 0 Å². The van der Waals surface area contributed by atoms with Crippen LogP contribution in [0.4, 0.5) is 0 Å². The predicted octanol–water partition coefficient (Wildman–Crippen LogP) is 3.65. The highest BCUT2D eigenvalue weighted by atomic mass is 35.5. The van der Waals surface area contributed by atoms with Crippen LogP contribution < -0.4 is 5.56 Å². The molecule has 1 fully saturated rings. The molecule has 1 aliphatic rings. The molecule has 114 valence electrons. The quantitative estimate of drug-likeness (QED) is 0.714. The van der Waals surface area contributed by atoms with Crippen molar-refractivity contribution in [3.63, 3.8) is 0 Å². The van der Waals surface area contributed by atoms with Crippen molar-refractivity contribution in [2.45, 2.75) is 18.9 Å². The van der Waals surface area contributed by atoms with E-state index < -0.39 is 0 Å². The Morgan fingerprint density at radius 2 is 1.95 bits per heavy atom. The van der Waals surface area contributed by atoms with Crippen LogP contribution in [0.2, 0.25) is 5.02 Å². The lowest BCUT2D eigenvalue weighted by Gasteiger charge is -2.07. The molecule has 0 saturated heterocycles. The summed E-state index contributed by atoms with van der Waals surface area (Å²) < 4.78 is 3.80. The third-order valence-corrected chi connectivity index (χ3v) is 4.19. The van der Waals surface area contributed by atoms with Gasteiger partial charge in [-0.2, -0.15) is 0 Å². The molecule has 2 heterocycles. The van der Waals surface area contributed by atoms with Gasteiger partial charge >= 0.3 is 0 Å². The first-order valence-electron chi connectivity index (χ1n) is 6.63. The van der Waals surface area contributed by atoms with Crippen LogP contribution in [0, 0.1) is 4.77 Å². The third kappa shape index (κ3) is 2.37. The fourth-order valence-electron chi connectivity index (χ4n) is 2.45. The molecule has 3 aromatic rings. The number of hydrogen-bond acceptors (Lipinski definition) is 3. The molecule has 22 heavy (non-hydrogen) atoms. The highest BCUT2D eigenvalue weighted by molar-refractivity contribution is 7.71. The van der Waals surface area contributed by atoms with Gasteiger partial charge in [0.1, 0.15) is 5.65 Å². The number of fused-ring (bicyclic) bond motifs is 1. The summed E-state index contributed by atoms with van der Waals surface area (Å²) in [5.41, 5.74) is 1.58. The Morgan fingerprint density at radius 1 is 1.27 bits per heavy atom. The van der Waals surface area contributed by atoms with Crippen LogP contribution in [0.1, 0.15) is 18.9 Å². The number of hydrogen-bond donors (Lipinski definition) is 1. The first-order valence-corrected chi connectivity index (χ1v) is 7.41. The topological polar surface area (TPSA) is 55.6 Å². The van der Waals surface area contributed by atoms with Crippen molar-refractivity contribution < 1.29 is 0 Å². The summed E-state index contributed by atoms with van der Waals surface area (Å²) in [7, 11) is 0. The molecule has 2 aromatic heterocycles. The van der Waals surface area contributed by atoms with Gasteiger partial charge in [-0.25, -0.2) is 4.98 Å². The van der Waals surface area contributed by atoms with Gasteiger partial charge < -0.3 is 9.55 Å². The maximum atomic E-state index is 12.7. The second kappa shape index (κ2) is 5.53. The third-order valence-electron chi connectivity index (χ3n) is 3.65. The van der Waals surface area contributed by atoms with Crippen molar-refractivity contribution in [2.24, 2.45) is 0 Å². The Balaban J connectivity index is 0.00000144. The fourth-order valence-corrected chi connectivity index (χ4v) is 2.86. The van der Waals surface area contributed by atoms with E-state index in [9.17, 15) is 4.79 Å². The Hall–Kier alpha value is -1.63. The minimum atomic E-state index is -0.213. The van der Waals surface area contributed by atoms with E-state index >= 15 is 0 Å². The number of imidazole rings is 1. The molecule has 1 N–H and O–H groups in total. The molecule has 1 aliphatic carbocycles. The van der Waals surface area contributed by atoms with Gasteiger partial charge in [0, 0.05) is 11.1 Å². The monoisotopic (exact) mass is 354 g/mol. The number of halogens is 2. The maximum Gasteiger partial charge on any atom is 0.287 e. The molecule has 4 rings (SSSR count). The van der Waals surface area contributed by atoms with Gasteiger partial charge in [0.15, 0.2) is 10.3 Å². The lowest BCUT2D eigenvalue weighted by atomic mass is 10.3. The van der Waals surface area contributed by atoms with E-state index in [-0.39, 0.29) is 18.0 Å². The molecular weight excluding hydrogens is 343 g/mol. The highest BCUT2D eigenvalue weighted by Gasteiger charge is 2.26. The average Bonchev–Trinajstić information content (AvgIpc) is 3.22. The van der Waals surface area contributed by atoms with Crippen molar-refractivity contribution in [3.05, 3.63) is 50.7 Å². The Kier molecular flexibility index (Phi) is 3.84. The Morgan fingerprint density at radius 3 is 2.59 bits per heavy atom. The van der Waals surface area contributed by atoms with Crippen LogP contribution in [0.15, 0.2) is 35.4 Å². The summed E-state index contributed by atoms with van der Waals surface area (Å²) in [5.74, 6) is 0. The second-order valence-corrected chi connectivity index (χ2v) is 5.95. The highest BCUT2D eigenvalue weighted by Crippen LogP contribution is 2.36. The zero-order valence-electron chi connectivity index (χ0n) is 11.3. The zero-order valence-corrected chi connectivity index (χ0v) is 13.7. The molecular formula is C14H12Cl2N4OS. The summed E-state index contributed by atoms with van der Waals surface area (Å²) in [6, 6.07) is 7.41. The van der Waals surface area contributed by atoms with Crippen LogP contribution in [0.5, 0.6) is 0 Å². The number of rotatable bonds is 2. The second-order valence-electron chi connectivity index (χ2n) is 5.13. The number of nitrogens with one attached hydrogen (secondary N) is 1. The van der Waals surface area contributed by atoms with Gasteiger partial charge in [0.25, 0.3) is 5.56 Å². The average molecular weight is 355 g/mol. The molecule has 5 nitrogen and oxygen atoms in total. The van der Waals surface area contributed by atoms with Crippen molar-refractivity contribution in [2.75, 3.05) is 0 Å². The molecule has 1 aromatic carbocycles. The SMILES string of the molecule is Cl.O=c1c2ncn(C3CC3)c2[nH]c(=S)n1-c1ccc(Cl)cc1. The van der Waals surface area contributed by atoms with Crippen molar-refractivity contribution in [1.82, 2.24) is 19.1 Å². The van der Waals surface area contributed by atoms with Crippen molar-refractivity contribution in [1.29, 1.82) is 0 Å². The summed E-state index contributed by atoms with van der Waals surface area (Å²) in [5, 5.41) is 0.612. The van der Waals surface area contributed by atoms with E-state index in [0.717, 1.165) is 12.8 Å². The largest absolute Gasteiger partial charge is 0.316 e. The summed E-state index contributed by atoms with van der Waals surface area (Å²) in [6.45, 7) is 0. The standard InChI is InChI=1S/C14H11ClN4OS.ClH/c15-8-1-3-10(4-2-8)19-13(20)11-12(17-14(19)21)18(7-16-11)9-5-6-9;/h1-4,7,9H,5-6H2,(H,17,21);1H. The van der Waals surface area contributed by atoms with Gasteiger partial charge in [0.2, 0.25) is 0 Å². The van der Waals surface area contributed by atoms with Gasteiger partial charge in [0.05, 0.1) is 12.0 Å². The van der Waals surface area contributed by atoms with Gasteiger partial charge in [-0.1, -0.05) is 11.6 Å². The van der Waals surface area contributed by atoms with Crippen molar-refractivity contribution in [3.8, 4) is 5.69 Å². The minimum absolute atomic E-state index is 0. The van der Waals surface area contributed by atoms with Crippen LogP contribution in [-0.4, -0.2) is 19.1 Å². The summed E-state index contributed by atoms with van der Waals surface area (Å²) in [6.07, 6.45) is 3.94. The molecule has 0 atom stereocenters. The van der Waals surface area contributed by atoms with Gasteiger partial charge in [-0.05, 0) is 49.3 Å². The molecule has 0 bridgehead atoms.